The topological polar surface area (TPSA) is 82.8 Å². The Hall–Kier alpha value is -1.50. The number of hydrogen-bond acceptors (Lipinski definition) is 6. The molecule has 7 heteroatoms. The van der Waals surface area contributed by atoms with Crippen molar-refractivity contribution in [2.24, 2.45) is 0 Å². The van der Waals surface area contributed by atoms with Gasteiger partial charge in [-0.15, -0.1) is 0 Å². The molecule has 0 atom stereocenters. The minimum absolute atomic E-state index is 0.102. The minimum atomic E-state index is -3.82. The van der Waals surface area contributed by atoms with E-state index in [1.54, 1.807) is 0 Å². The summed E-state index contributed by atoms with van der Waals surface area (Å²) in [5.74, 6) is -1.20. The Kier molecular flexibility index (Phi) is 2.80. The zero-order valence-corrected chi connectivity index (χ0v) is 8.33. The summed E-state index contributed by atoms with van der Waals surface area (Å²) in [5, 5.41) is 0. The normalized spacial score (nSPS) is 11.0. The average molecular weight is 220 g/mol. The van der Waals surface area contributed by atoms with E-state index in [4.69, 9.17) is 4.42 Å². The summed E-state index contributed by atoms with van der Waals surface area (Å²) in [6.07, 6.45) is 0.769. The van der Waals surface area contributed by atoms with Gasteiger partial charge in [-0.3, -0.25) is 0 Å². The molecule has 0 saturated heterocycles. The van der Waals surface area contributed by atoms with Crippen molar-refractivity contribution in [1.82, 2.24) is 0 Å². The standard InChI is InChI=1S/C7H8O6S/c1-11-6-4-3-5(12-6)7(8)13-14(2,9)10/h3-4H,1-2H3. The van der Waals surface area contributed by atoms with E-state index in [0.717, 1.165) is 6.26 Å². The summed E-state index contributed by atoms with van der Waals surface area (Å²) < 4.78 is 34.6. The van der Waals surface area contributed by atoms with E-state index in [2.05, 4.69) is 8.92 Å². The molecule has 1 aromatic heterocycles. The molecule has 14 heavy (non-hydrogen) atoms. The molecule has 0 radical (unpaired) electrons. The molecule has 0 unspecified atom stereocenters. The Morgan fingerprint density at radius 1 is 1.43 bits per heavy atom. The van der Waals surface area contributed by atoms with Crippen LogP contribution in [0.4, 0.5) is 0 Å². The van der Waals surface area contributed by atoms with Crippen LogP contribution in [0.5, 0.6) is 5.95 Å². The molecule has 0 aliphatic carbocycles. The molecule has 6 nitrogen and oxygen atoms in total. The van der Waals surface area contributed by atoms with Gasteiger partial charge in [-0.2, -0.15) is 8.42 Å². The van der Waals surface area contributed by atoms with E-state index in [1.807, 2.05) is 0 Å². The maximum atomic E-state index is 11.0. The highest BCUT2D eigenvalue weighted by molar-refractivity contribution is 7.86. The first kappa shape index (κ1) is 10.6. The lowest BCUT2D eigenvalue weighted by Crippen LogP contribution is -2.10. The van der Waals surface area contributed by atoms with Crippen LogP contribution in [-0.4, -0.2) is 27.8 Å². The van der Waals surface area contributed by atoms with Crippen LogP contribution in [-0.2, 0) is 14.3 Å². The van der Waals surface area contributed by atoms with Crippen LogP contribution >= 0.6 is 0 Å². The fourth-order valence-corrected chi connectivity index (χ4v) is 1.08. The van der Waals surface area contributed by atoms with Crippen LogP contribution in [0, 0.1) is 0 Å². The van der Waals surface area contributed by atoms with Gasteiger partial charge in [0.2, 0.25) is 5.76 Å². The lowest BCUT2D eigenvalue weighted by molar-refractivity contribution is 0.0708. The monoisotopic (exact) mass is 220 g/mol. The number of hydrogen-bond donors (Lipinski definition) is 0. The predicted octanol–water partition coefficient (Wildman–Crippen LogP) is 0.405. The molecule has 0 aliphatic rings. The van der Waals surface area contributed by atoms with Crippen LogP contribution in [0.1, 0.15) is 10.6 Å². The lowest BCUT2D eigenvalue weighted by Gasteiger charge is -1.97. The minimum Gasteiger partial charge on any atom is -0.468 e. The van der Waals surface area contributed by atoms with Crippen LogP contribution in [0.15, 0.2) is 16.5 Å². The second kappa shape index (κ2) is 3.70. The van der Waals surface area contributed by atoms with Crippen LogP contribution < -0.4 is 4.74 Å². The molecule has 0 aromatic carbocycles. The number of ether oxygens (including phenoxy) is 1. The molecule has 0 aliphatic heterocycles. The molecule has 0 N–H and O–H groups in total. The summed E-state index contributed by atoms with van der Waals surface area (Å²) in [7, 11) is -2.47. The number of carbonyl (C=O) groups is 1. The van der Waals surface area contributed by atoms with Crippen LogP contribution in [0.25, 0.3) is 0 Å². The number of furan rings is 1. The van der Waals surface area contributed by atoms with Crippen LogP contribution in [0.2, 0.25) is 0 Å². The van der Waals surface area contributed by atoms with E-state index in [0.29, 0.717) is 0 Å². The molecule has 1 aromatic rings. The van der Waals surface area contributed by atoms with E-state index in [9.17, 15) is 13.2 Å². The zero-order valence-electron chi connectivity index (χ0n) is 7.51. The third kappa shape index (κ3) is 2.77. The third-order valence-corrected chi connectivity index (χ3v) is 1.66. The molecule has 1 rings (SSSR count). The molecule has 0 spiro atoms. The van der Waals surface area contributed by atoms with Crippen molar-refractivity contribution in [1.29, 1.82) is 0 Å². The van der Waals surface area contributed by atoms with Gasteiger partial charge in [-0.25, -0.2) is 4.79 Å². The first-order chi connectivity index (χ1) is 6.42. The summed E-state index contributed by atoms with van der Waals surface area (Å²) in [6.45, 7) is 0. The third-order valence-electron chi connectivity index (χ3n) is 1.21. The van der Waals surface area contributed by atoms with Gasteiger partial charge in [0.05, 0.1) is 13.4 Å². The summed E-state index contributed by atoms with van der Waals surface area (Å²) >= 11 is 0. The number of rotatable bonds is 3. The lowest BCUT2D eigenvalue weighted by atomic mass is 10.5. The molecule has 0 bridgehead atoms. The fraction of sp³-hybridized carbons (Fsp3) is 0.286. The molecule has 0 saturated carbocycles. The fourth-order valence-electron chi connectivity index (χ4n) is 0.718. The van der Waals surface area contributed by atoms with E-state index >= 15 is 0 Å². The van der Waals surface area contributed by atoms with Gasteiger partial charge < -0.3 is 13.3 Å². The second-order valence-electron chi connectivity index (χ2n) is 2.40. The Labute approximate surface area is 80.5 Å². The largest absolute Gasteiger partial charge is 0.468 e. The Morgan fingerprint density at radius 2 is 2.07 bits per heavy atom. The molecular weight excluding hydrogens is 212 g/mol. The smallest absolute Gasteiger partial charge is 0.389 e. The Balaban J connectivity index is 2.80. The molecule has 1 heterocycles. The van der Waals surface area contributed by atoms with Gasteiger partial charge >= 0.3 is 16.1 Å². The number of carbonyl (C=O) groups excluding carboxylic acids is 1. The number of methoxy groups -OCH3 is 1. The molecule has 78 valence electrons. The summed E-state index contributed by atoms with van der Waals surface area (Å²) in [6, 6.07) is 2.63. The van der Waals surface area contributed by atoms with Crippen molar-refractivity contribution in [2.75, 3.05) is 13.4 Å². The van der Waals surface area contributed by atoms with Gasteiger partial charge in [0.15, 0.2) is 0 Å². The zero-order chi connectivity index (χ0) is 10.8. The van der Waals surface area contributed by atoms with Gasteiger partial charge in [0.1, 0.15) is 0 Å². The van der Waals surface area contributed by atoms with Crippen molar-refractivity contribution in [2.45, 2.75) is 0 Å². The SMILES string of the molecule is COc1ccc(C(=O)OS(C)(=O)=O)o1. The van der Waals surface area contributed by atoms with Gasteiger partial charge in [-0.05, 0) is 6.07 Å². The highest BCUT2D eigenvalue weighted by Crippen LogP contribution is 2.16. The van der Waals surface area contributed by atoms with Crippen molar-refractivity contribution in [3.63, 3.8) is 0 Å². The Bertz CT molecular complexity index is 429. The van der Waals surface area contributed by atoms with Crippen molar-refractivity contribution in [3.05, 3.63) is 17.9 Å². The maximum absolute atomic E-state index is 11.0. The second-order valence-corrected chi connectivity index (χ2v) is 3.97. The predicted molar refractivity (Wildman–Crippen MR) is 45.5 cm³/mol. The first-order valence-corrected chi connectivity index (χ1v) is 5.31. The highest BCUT2D eigenvalue weighted by atomic mass is 32.2. The van der Waals surface area contributed by atoms with Crippen molar-refractivity contribution < 1.29 is 26.5 Å². The van der Waals surface area contributed by atoms with Crippen molar-refractivity contribution in [3.8, 4) is 5.95 Å². The van der Waals surface area contributed by atoms with E-state index in [-0.39, 0.29) is 11.7 Å². The van der Waals surface area contributed by atoms with Crippen molar-refractivity contribution >= 4 is 16.1 Å². The summed E-state index contributed by atoms with van der Waals surface area (Å²) in [5.41, 5.74) is 0. The van der Waals surface area contributed by atoms with Gasteiger partial charge in [0.25, 0.3) is 5.95 Å². The van der Waals surface area contributed by atoms with E-state index < -0.39 is 16.1 Å². The molecule has 0 amide bonds. The quantitative estimate of drug-likeness (QED) is 0.686. The van der Waals surface area contributed by atoms with Gasteiger partial charge in [0, 0.05) is 6.07 Å². The van der Waals surface area contributed by atoms with Crippen LogP contribution in [0.3, 0.4) is 0 Å². The highest BCUT2D eigenvalue weighted by Gasteiger charge is 2.17. The molecule has 0 fully saturated rings. The van der Waals surface area contributed by atoms with E-state index in [1.165, 1.54) is 19.2 Å². The maximum Gasteiger partial charge on any atom is 0.389 e. The first-order valence-electron chi connectivity index (χ1n) is 3.50. The van der Waals surface area contributed by atoms with Gasteiger partial charge in [-0.1, -0.05) is 0 Å². The summed E-state index contributed by atoms with van der Waals surface area (Å²) in [4.78, 5) is 11.0. The Morgan fingerprint density at radius 3 is 2.50 bits per heavy atom. The molecular formula is C7H8O6S. The average Bonchev–Trinajstić information content (AvgIpc) is 2.48.